The predicted molar refractivity (Wildman–Crippen MR) is 103 cm³/mol. The topological polar surface area (TPSA) is 125 Å². The Bertz CT molecular complexity index is 924. The molecule has 2 rings (SSSR count). The predicted octanol–water partition coefficient (Wildman–Crippen LogP) is 2.18. The molecule has 0 aromatic heterocycles. The number of carbonyl (C=O) groups excluding carboxylic acids is 3. The smallest absolute Gasteiger partial charge is 0.336 e. The van der Waals surface area contributed by atoms with E-state index in [9.17, 15) is 19.2 Å². The summed E-state index contributed by atoms with van der Waals surface area (Å²) < 4.78 is 0. The van der Waals surface area contributed by atoms with Crippen molar-refractivity contribution >= 4 is 29.4 Å². The second-order valence-electron chi connectivity index (χ2n) is 6.22. The van der Waals surface area contributed by atoms with Gasteiger partial charge >= 0.3 is 5.97 Å². The van der Waals surface area contributed by atoms with Gasteiger partial charge in [-0.3, -0.25) is 25.2 Å². The minimum absolute atomic E-state index is 0.0687. The van der Waals surface area contributed by atoms with Crippen molar-refractivity contribution in [3.63, 3.8) is 0 Å². The van der Waals surface area contributed by atoms with Crippen molar-refractivity contribution in [2.45, 2.75) is 26.7 Å². The number of aromatic carboxylic acids is 1. The lowest BCUT2D eigenvalue weighted by Gasteiger charge is -2.10. The molecule has 0 heterocycles. The molecule has 2 aromatic carbocycles. The maximum atomic E-state index is 12.1. The number of nitrogens with one attached hydrogen (secondary N) is 3. The molecule has 0 aliphatic carbocycles. The van der Waals surface area contributed by atoms with Gasteiger partial charge in [-0.05, 0) is 37.6 Å². The van der Waals surface area contributed by atoms with Crippen molar-refractivity contribution < 1.29 is 24.3 Å². The van der Waals surface area contributed by atoms with Crippen LogP contribution in [0.15, 0.2) is 42.5 Å². The number of benzene rings is 2. The summed E-state index contributed by atoms with van der Waals surface area (Å²) in [4.78, 5) is 47.0. The van der Waals surface area contributed by atoms with Gasteiger partial charge in [0.1, 0.15) is 0 Å². The van der Waals surface area contributed by atoms with E-state index in [2.05, 4.69) is 16.2 Å². The average molecular weight is 383 g/mol. The van der Waals surface area contributed by atoms with Gasteiger partial charge in [0.15, 0.2) is 0 Å². The van der Waals surface area contributed by atoms with E-state index < -0.39 is 17.8 Å². The third-order valence-corrected chi connectivity index (χ3v) is 3.95. The number of carboxylic acids is 1. The summed E-state index contributed by atoms with van der Waals surface area (Å²) in [6, 6.07) is 11.2. The normalized spacial score (nSPS) is 10.1. The minimum Gasteiger partial charge on any atom is -0.478 e. The molecule has 2 aromatic rings. The van der Waals surface area contributed by atoms with E-state index >= 15 is 0 Å². The molecule has 8 heteroatoms. The minimum atomic E-state index is -1.25. The van der Waals surface area contributed by atoms with E-state index in [0.717, 1.165) is 11.1 Å². The Balaban J connectivity index is 1.82. The lowest BCUT2D eigenvalue weighted by Crippen LogP contribution is -2.42. The van der Waals surface area contributed by atoms with Crippen LogP contribution in [0.5, 0.6) is 0 Å². The van der Waals surface area contributed by atoms with Crippen molar-refractivity contribution in [2.75, 3.05) is 5.32 Å². The molecule has 3 amide bonds. The second kappa shape index (κ2) is 9.31. The Labute approximate surface area is 161 Å². The van der Waals surface area contributed by atoms with Crippen LogP contribution in [0.3, 0.4) is 0 Å². The fourth-order valence-corrected chi connectivity index (χ4v) is 2.52. The first-order valence-electron chi connectivity index (χ1n) is 8.56. The SMILES string of the molecule is Cc1ccc(NC(=O)CCC(=O)NNC(=O)c2ccccc2C(=O)O)c(C)c1. The van der Waals surface area contributed by atoms with Crippen LogP contribution in [0, 0.1) is 13.8 Å². The van der Waals surface area contributed by atoms with Crippen LogP contribution in [0.25, 0.3) is 0 Å². The molecular weight excluding hydrogens is 362 g/mol. The first-order valence-corrected chi connectivity index (χ1v) is 8.56. The van der Waals surface area contributed by atoms with Crippen molar-refractivity contribution in [3.8, 4) is 0 Å². The van der Waals surface area contributed by atoms with Crippen LogP contribution >= 0.6 is 0 Å². The molecule has 28 heavy (non-hydrogen) atoms. The first kappa shape index (κ1) is 20.6. The summed E-state index contributed by atoms with van der Waals surface area (Å²) in [5, 5.41) is 11.8. The zero-order valence-corrected chi connectivity index (χ0v) is 15.5. The Morgan fingerprint density at radius 2 is 1.50 bits per heavy atom. The molecule has 0 radical (unpaired) electrons. The van der Waals surface area contributed by atoms with E-state index in [0.29, 0.717) is 5.69 Å². The second-order valence-corrected chi connectivity index (χ2v) is 6.22. The number of rotatable bonds is 6. The highest BCUT2D eigenvalue weighted by atomic mass is 16.4. The van der Waals surface area contributed by atoms with Crippen molar-refractivity contribution in [1.29, 1.82) is 0 Å². The van der Waals surface area contributed by atoms with Gasteiger partial charge in [-0.1, -0.05) is 29.8 Å². The molecule has 0 fully saturated rings. The number of hydrazine groups is 1. The lowest BCUT2D eigenvalue weighted by molar-refractivity contribution is -0.124. The largest absolute Gasteiger partial charge is 0.478 e. The fraction of sp³-hybridized carbons (Fsp3) is 0.200. The molecule has 0 saturated heterocycles. The summed E-state index contributed by atoms with van der Waals surface area (Å²) in [5.41, 5.74) is 6.74. The van der Waals surface area contributed by atoms with E-state index in [1.165, 1.54) is 24.3 Å². The third-order valence-electron chi connectivity index (χ3n) is 3.95. The van der Waals surface area contributed by atoms with Gasteiger partial charge in [0.05, 0.1) is 11.1 Å². The van der Waals surface area contributed by atoms with Crippen LogP contribution in [-0.2, 0) is 9.59 Å². The van der Waals surface area contributed by atoms with E-state index in [-0.39, 0.29) is 29.9 Å². The van der Waals surface area contributed by atoms with Crippen molar-refractivity contribution in [3.05, 3.63) is 64.7 Å². The van der Waals surface area contributed by atoms with Crippen LogP contribution in [0.2, 0.25) is 0 Å². The molecule has 8 nitrogen and oxygen atoms in total. The highest BCUT2D eigenvalue weighted by molar-refractivity contribution is 6.05. The molecule has 0 atom stereocenters. The maximum absolute atomic E-state index is 12.1. The van der Waals surface area contributed by atoms with Crippen molar-refractivity contribution in [2.24, 2.45) is 0 Å². The molecule has 0 bridgehead atoms. The summed E-state index contributed by atoms with van der Waals surface area (Å²) >= 11 is 0. The van der Waals surface area contributed by atoms with Gasteiger partial charge in [-0.2, -0.15) is 0 Å². The molecule has 0 unspecified atom stereocenters. The zero-order valence-electron chi connectivity index (χ0n) is 15.5. The molecule has 0 aliphatic rings. The number of anilines is 1. The van der Waals surface area contributed by atoms with Crippen LogP contribution in [0.1, 0.15) is 44.7 Å². The summed E-state index contributed by atoms with van der Waals surface area (Å²) in [6.45, 7) is 3.83. The van der Waals surface area contributed by atoms with E-state index in [1.807, 2.05) is 26.0 Å². The van der Waals surface area contributed by atoms with E-state index in [4.69, 9.17) is 5.11 Å². The zero-order chi connectivity index (χ0) is 20.7. The molecule has 0 aliphatic heterocycles. The lowest BCUT2D eigenvalue weighted by atomic mass is 10.1. The maximum Gasteiger partial charge on any atom is 0.336 e. The van der Waals surface area contributed by atoms with E-state index in [1.54, 1.807) is 6.07 Å². The highest BCUT2D eigenvalue weighted by Crippen LogP contribution is 2.16. The Morgan fingerprint density at radius 1 is 0.857 bits per heavy atom. The highest BCUT2D eigenvalue weighted by Gasteiger charge is 2.16. The Hall–Kier alpha value is -3.68. The number of amides is 3. The third kappa shape index (κ3) is 5.66. The molecule has 0 saturated carbocycles. The Morgan fingerprint density at radius 3 is 2.14 bits per heavy atom. The van der Waals surface area contributed by atoms with Crippen molar-refractivity contribution in [1.82, 2.24) is 10.9 Å². The van der Waals surface area contributed by atoms with Gasteiger partial charge in [0, 0.05) is 18.5 Å². The van der Waals surface area contributed by atoms with Gasteiger partial charge in [0.2, 0.25) is 11.8 Å². The molecule has 146 valence electrons. The monoisotopic (exact) mass is 383 g/mol. The van der Waals surface area contributed by atoms with Gasteiger partial charge in [-0.25, -0.2) is 4.79 Å². The quantitative estimate of drug-likeness (QED) is 0.569. The molecular formula is C20H21N3O5. The van der Waals surface area contributed by atoms with Gasteiger partial charge in [-0.15, -0.1) is 0 Å². The van der Waals surface area contributed by atoms with Crippen LogP contribution in [-0.4, -0.2) is 28.8 Å². The average Bonchev–Trinajstić information content (AvgIpc) is 2.66. The van der Waals surface area contributed by atoms with Gasteiger partial charge < -0.3 is 10.4 Å². The number of hydrogen-bond donors (Lipinski definition) is 4. The first-order chi connectivity index (χ1) is 13.3. The number of carboxylic acid groups (broad SMARTS) is 1. The molecule has 0 spiro atoms. The summed E-state index contributed by atoms with van der Waals surface area (Å²) in [7, 11) is 0. The molecule has 4 N–H and O–H groups in total. The standard InChI is InChI=1S/C20H21N3O5/c1-12-7-8-16(13(2)11-12)21-17(24)9-10-18(25)22-23-19(26)14-5-3-4-6-15(14)20(27)28/h3-8,11H,9-10H2,1-2H3,(H,21,24)(H,22,25)(H,23,26)(H,27,28). The van der Waals surface area contributed by atoms with Gasteiger partial charge in [0.25, 0.3) is 5.91 Å². The summed E-state index contributed by atoms with van der Waals surface area (Å²) in [5.74, 6) is -2.91. The summed E-state index contributed by atoms with van der Waals surface area (Å²) in [6.07, 6.45) is -0.210. The fourth-order valence-electron chi connectivity index (χ4n) is 2.52. The van der Waals surface area contributed by atoms with Crippen LogP contribution in [0.4, 0.5) is 5.69 Å². The number of aryl methyl sites for hydroxylation is 2. The van der Waals surface area contributed by atoms with Crippen LogP contribution < -0.4 is 16.2 Å². The Kier molecular flexibility index (Phi) is 6.86. The number of carbonyl (C=O) groups is 4. The number of hydrogen-bond acceptors (Lipinski definition) is 4.